The zero-order chi connectivity index (χ0) is 14.5. The molecule has 0 aliphatic heterocycles. The quantitative estimate of drug-likeness (QED) is 0.770. The van der Waals surface area contributed by atoms with E-state index in [1.807, 2.05) is 18.2 Å². The fourth-order valence-corrected chi connectivity index (χ4v) is 2.71. The Morgan fingerprint density at radius 1 is 0.905 bits per heavy atom. The highest BCUT2D eigenvalue weighted by atomic mass is 16.3. The molecule has 2 nitrogen and oxygen atoms in total. The Kier molecular flexibility index (Phi) is 4.27. The molecular formula is C19H19NO. The summed E-state index contributed by atoms with van der Waals surface area (Å²) in [6.07, 6.45) is 5.64. The van der Waals surface area contributed by atoms with Crippen molar-refractivity contribution in [2.75, 3.05) is 0 Å². The van der Waals surface area contributed by atoms with Gasteiger partial charge in [-0.2, -0.15) is 0 Å². The number of rotatable bonds is 5. The van der Waals surface area contributed by atoms with Gasteiger partial charge in [0.15, 0.2) is 0 Å². The smallest absolute Gasteiger partial charge is 0.0584 e. The van der Waals surface area contributed by atoms with Crippen molar-refractivity contribution >= 4 is 10.8 Å². The highest BCUT2D eigenvalue weighted by Crippen LogP contribution is 2.20. The van der Waals surface area contributed by atoms with Crippen LogP contribution in [0, 0.1) is 0 Å². The molecule has 1 heterocycles. The van der Waals surface area contributed by atoms with Gasteiger partial charge in [0.05, 0.1) is 6.10 Å². The van der Waals surface area contributed by atoms with Gasteiger partial charge < -0.3 is 5.11 Å². The predicted octanol–water partition coefficient (Wildman–Crippen LogP) is 3.77. The molecule has 2 heteroatoms. The minimum atomic E-state index is -0.316. The van der Waals surface area contributed by atoms with E-state index in [0.717, 1.165) is 12.8 Å². The highest BCUT2D eigenvalue weighted by molar-refractivity contribution is 5.85. The monoisotopic (exact) mass is 277 g/mol. The Hall–Kier alpha value is -2.19. The van der Waals surface area contributed by atoms with Gasteiger partial charge in [-0.15, -0.1) is 0 Å². The van der Waals surface area contributed by atoms with Gasteiger partial charge in [-0.3, -0.25) is 4.98 Å². The lowest BCUT2D eigenvalue weighted by atomic mass is 9.97. The van der Waals surface area contributed by atoms with E-state index in [1.54, 1.807) is 12.4 Å². The van der Waals surface area contributed by atoms with Gasteiger partial charge in [0.2, 0.25) is 0 Å². The molecule has 0 amide bonds. The first-order chi connectivity index (χ1) is 10.3. The minimum absolute atomic E-state index is 0.316. The molecule has 1 atom stereocenters. The second-order valence-corrected chi connectivity index (χ2v) is 5.39. The predicted molar refractivity (Wildman–Crippen MR) is 86.2 cm³/mol. The lowest BCUT2D eigenvalue weighted by Gasteiger charge is -2.12. The van der Waals surface area contributed by atoms with Crippen LogP contribution in [-0.4, -0.2) is 16.2 Å². The van der Waals surface area contributed by atoms with Gasteiger partial charge in [0.1, 0.15) is 0 Å². The molecule has 0 aliphatic carbocycles. The number of fused-ring (bicyclic) bond motifs is 1. The standard InChI is InChI=1S/C19H19NO/c21-18(9-8-15-10-12-20-13-11-15)14-17-6-3-5-16-4-1-2-7-19(16)17/h1-7,10-13,18,21H,8-9,14H2. The maximum absolute atomic E-state index is 10.3. The summed E-state index contributed by atoms with van der Waals surface area (Å²) < 4.78 is 0. The van der Waals surface area contributed by atoms with Crippen molar-refractivity contribution < 1.29 is 5.11 Å². The summed E-state index contributed by atoms with van der Waals surface area (Å²) in [4.78, 5) is 4.01. The molecular weight excluding hydrogens is 258 g/mol. The van der Waals surface area contributed by atoms with Crippen molar-refractivity contribution in [3.05, 3.63) is 78.1 Å². The third kappa shape index (κ3) is 3.47. The van der Waals surface area contributed by atoms with Crippen molar-refractivity contribution in [1.82, 2.24) is 4.98 Å². The SMILES string of the molecule is OC(CCc1ccncc1)Cc1cccc2ccccc12. The molecule has 3 rings (SSSR count). The molecule has 0 saturated heterocycles. The third-order valence-electron chi connectivity index (χ3n) is 3.85. The van der Waals surface area contributed by atoms with Crippen molar-refractivity contribution in [2.24, 2.45) is 0 Å². The molecule has 21 heavy (non-hydrogen) atoms. The van der Waals surface area contributed by atoms with Crippen LogP contribution in [0.3, 0.4) is 0 Å². The number of hydrogen-bond donors (Lipinski definition) is 1. The van der Waals surface area contributed by atoms with E-state index in [1.165, 1.54) is 21.9 Å². The molecule has 0 aliphatic rings. The van der Waals surface area contributed by atoms with E-state index < -0.39 is 0 Å². The molecule has 0 fully saturated rings. The molecule has 3 aromatic rings. The van der Waals surface area contributed by atoms with Crippen molar-refractivity contribution in [1.29, 1.82) is 0 Å². The average molecular weight is 277 g/mol. The number of benzene rings is 2. The molecule has 2 aromatic carbocycles. The maximum Gasteiger partial charge on any atom is 0.0584 e. The number of hydrogen-bond acceptors (Lipinski definition) is 2. The van der Waals surface area contributed by atoms with Gasteiger partial charge in [-0.05, 0) is 53.3 Å². The molecule has 1 unspecified atom stereocenters. The summed E-state index contributed by atoms with van der Waals surface area (Å²) in [7, 11) is 0. The van der Waals surface area contributed by atoms with E-state index in [4.69, 9.17) is 0 Å². The van der Waals surface area contributed by atoms with Gasteiger partial charge >= 0.3 is 0 Å². The van der Waals surface area contributed by atoms with Crippen LogP contribution in [0.15, 0.2) is 67.0 Å². The normalized spacial score (nSPS) is 12.4. The third-order valence-corrected chi connectivity index (χ3v) is 3.85. The molecule has 0 radical (unpaired) electrons. The Balaban J connectivity index is 1.67. The van der Waals surface area contributed by atoms with Crippen LogP contribution >= 0.6 is 0 Å². The van der Waals surface area contributed by atoms with E-state index in [2.05, 4.69) is 41.4 Å². The number of aliphatic hydroxyl groups excluding tert-OH is 1. The van der Waals surface area contributed by atoms with Crippen LogP contribution in [0.25, 0.3) is 10.8 Å². The van der Waals surface area contributed by atoms with Crippen LogP contribution < -0.4 is 0 Å². The van der Waals surface area contributed by atoms with Crippen LogP contribution in [0.1, 0.15) is 17.5 Å². The van der Waals surface area contributed by atoms with Gasteiger partial charge in [-0.1, -0.05) is 42.5 Å². The second-order valence-electron chi connectivity index (χ2n) is 5.39. The van der Waals surface area contributed by atoms with Crippen molar-refractivity contribution in [3.63, 3.8) is 0 Å². The largest absolute Gasteiger partial charge is 0.393 e. The van der Waals surface area contributed by atoms with Crippen LogP contribution in [0.5, 0.6) is 0 Å². The average Bonchev–Trinajstić information content (AvgIpc) is 2.54. The lowest BCUT2D eigenvalue weighted by Crippen LogP contribution is -2.12. The zero-order valence-electron chi connectivity index (χ0n) is 11.9. The molecule has 1 aromatic heterocycles. The summed E-state index contributed by atoms with van der Waals surface area (Å²) in [6, 6.07) is 18.6. The Morgan fingerprint density at radius 2 is 1.67 bits per heavy atom. The van der Waals surface area contributed by atoms with Gasteiger partial charge in [0, 0.05) is 12.4 Å². The number of nitrogens with zero attached hydrogens (tertiary/aromatic N) is 1. The first-order valence-electron chi connectivity index (χ1n) is 7.36. The van der Waals surface area contributed by atoms with E-state index in [0.29, 0.717) is 6.42 Å². The first-order valence-corrected chi connectivity index (χ1v) is 7.36. The number of aryl methyl sites for hydroxylation is 1. The number of pyridine rings is 1. The fourth-order valence-electron chi connectivity index (χ4n) is 2.71. The summed E-state index contributed by atoms with van der Waals surface area (Å²) in [6.45, 7) is 0. The molecule has 0 spiro atoms. The van der Waals surface area contributed by atoms with Crippen LogP contribution in [0.2, 0.25) is 0 Å². The summed E-state index contributed by atoms with van der Waals surface area (Å²) in [5.41, 5.74) is 2.44. The number of aliphatic hydroxyl groups is 1. The molecule has 1 N–H and O–H groups in total. The molecule has 106 valence electrons. The second kappa shape index (κ2) is 6.51. The fraction of sp³-hybridized carbons (Fsp3) is 0.211. The van der Waals surface area contributed by atoms with Crippen molar-refractivity contribution in [3.8, 4) is 0 Å². The lowest BCUT2D eigenvalue weighted by molar-refractivity contribution is 0.165. The Bertz CT molecular complexity index is 704. The topological polar surface area (TPSA) is 33.1 Å². The van der Waals surface area contributed by atoms with E-state index in [-0.39, 0.29) is 6.10 Å². The summed E-state index contributed by atoms with van der Waals surface area (Å²) >= 11 is 0. The van der Waals surface area contributed by atoms with Crippen LogP contribution in [-0.2, 0) is 12.8 Å². The zero-order valence-corrected chi connectivity index (χ0v) is 11.9. The minimum Gasteiger partial charge on any atom is -0.393 e. The number of aromatic nitrogens is 1. The van der Waals surface area contributed by atoms with Crippen LogP contribution in [0.4, 0.5) is 0 Å². The molecule has 0 saturated carbocycles. The maximum atomic E-state index is 10.3. The molecule has 0 bridgehead atoms. The summed E-state index contributed by atoms with van der Waals surface area (Å²) in [5, 5.41) is 12.8. The Morgan fingerprint density at radius 3 is 2.52 bits per heavy atom. The Labute approximate surface area is 125 Å². The first kappa shape index (κ1) is 13.8. The van der Waals surface area contributed by atoms with Gasteiger partial charge in [-0.25, -0.2) is 0 Å². The van der Waals surface area contributed by atoms with Gasteiger partial charge in [0.25, 0.3) is 0 Å². The highest BCUT2D eigenvalue weighted by Gasteiger charge is 2.08. The van der Waals surface area contributed by atoms with E-state index in [9.17, 15) is 5.11 Å². The van der Waals surface area contributed by atoms with Crippen molar-refractivity contribution in [2.45, 2.75) is 25.4 Å². The van der Waals surface area contributed by atoms with E-state index >= 15 is 0 Å². The summed E-state index contributed by atoms with van der Waals surface area (Å²) in [5.74, 6) is 0.